The van der Waals surface area contributed by atoms with Gasteiger partial charge in [-0.25, -0.2) is 8.42 Å². The van der Waals surface area contributed by atoms with Crippen LogP contribution < -0.4 is 0 Å². The van der Waals surface area contributed by atoms with Crippen LogP contribution in [0.3, 0.4) is 0 Å². The summed E-state index contributed by atoms with van der Waals surface area (Å²) >= 11 is 0. The summed E-state index contributed by atoms with van der Waals surface area (Å²) in [4.78, 5) is 0. The van der Waals surface area contributed by atoms with Gasteiger partial charge in [-0.1, -0.05) is 6.08 Å². The van der Waals surface area contributed by atoms with E-state index in [1.54, 1.807) is 0 Å². The van der Waals surface area contributed by atoms with E-state index in [0.29, 0.717) is 0 Å². The fourth-order valence-corrected chi connectivity index (χ4v) is 3.48. The van der Waals surface area contributed by atoms with Crippen molar-refractivity contribution in [1.29, 1.82) is 0 Å². The Labute approximate surface area is 64.4 Å². The van der Waals surface area contributed by atoms with Crippen LogP contribution in [0.25, 0.3) is 0 Å². The molecular formula is C4H6O5S2. The first kappa shape index (κ1) is 8.69. The second-order valence-electron chi connectivity index (χ2n) is 2.21. The lowest BCUT2D eigenvalue weighted by atomic mass is 10.5. The van der Waals surface area contributed by atoms with Crippen LogP contribution in [0.4, 0.5) is 0 Å². The summed E-state index contributed by atoms with van der Waals surface area (Å²) in [6.45, 7) is 0. The molecule has 0 saturated heterocycles. The molecule has 1 rings (SSSR count). The van der Waals surface area contributed by atoms with Crippen LogP contribution in [-0.4, -0.2) is 32.4 Å². The Balaban J connectivity index is 2.99. The van der Waals surface area contributed by atoms with E-state index in [1.807, 2.05) is 0 Å². The van der Waals surface area contributed by atoms with E-state index in [9.17, 15) is 16.8 Å². The molecule has 7 heteroatoms. The Kier molecular flexibility index (Phi) is 1.81. The van der Waals surface area contributed by atoms with Crippen LogP contribution in [0.1, 0.15) is 0 Å². The third-order valence-electron chi connectivity index (χ3n) is 1.28. The molecule has 0 saturated carbocycles. The maximum atomic E-state index is 10.6. The maximum Gasteiger partial charge on any atom is 0.272 e. The van der Waals surface area contributed by atoms with E-state index in [-0.39, 0.29) is 0 Å². The summed E-state index contributed by atoms with van der Waals surface area (Å²) < 4.78 is 50.4. The van der Waals surface area contributed by atoms with Gasteiger partial charge in [0.1, 0.15) is 5.25 Å². The standard InChI is InChI=1S/C4H6O5S2/c5-10(6)2-1-4(3-10)11(7,8)9/h1-2,4H,3H2,(H,7,8,9)/t4-/m1/s1. The molecular weight excluding hydrogens is 192 g/mol. The van der Waals surface area contributed by atoms with E-state index < -0.39 is 31.0 Å². The summed E-state index contributed by atoms with van der Waals surface area (Å²) in [7, 11) is -7.64. The summed E-state index contributed by atoms with van der Waals surface area (Å²) in [5.74, 6) is -0.550. The maximum absolute atomic E-state index is 10.6. The van der Waals surface area contributed by atoms with Gasteiger partial charge in [0.25, 0.3) is 10.1 Å². The molecule has 0 aromatic heterocycles. The molecule has 0 aromatic rings. The second kappa shape index (κ2) is 2.29. The molecule has 1 aliphatic heterocycles. The lowest BCUT2D eigenvalue weighted by Crippen LogP contribution is -2.21. The lowest BCUT2D eigenvalue weighted by molar-refractivity contribution is 0.477. The monoisotopic (exact) mass is 198 g/mol. The van der Waals surface area contributed by atoms with Gasteiger partial charge >= 0.3 is 0 Å². The molecule has 0 bridgehead atoms. The lowest BCUT2D eigenvalue weighted by Gasteiger charge is -1.99. The Morgan fingerprint density at radius 2 is 2.00 bits per heavy atom. The van der Waals surface area contributed by atoms with Crippen molar-refractivity contribution in [3.05, 3.63) is 11.5 Å². The predicted molar refractivity (Wildman–Crippen MR) is 38.3 cm³/mol. The van der Waals surface area contributed by atoms with Gasteiger partial charge in [-0.3, -0.25) is 4.55 Å². The molecule has 0 radical (unpaired) electrons. The van der Waals surface area contributed by atoms with Crippen LogP contribution in [-0.2, 0) is 20.0 Å². The molecule has 0 aromatic carbocycles. The van der Waals surface area contributed by atoms with Crippen molar-refractivity contribution in [3.8, 4) is 0 Å². The average Bonchev–Trinajstić information content (AvgIpc) is 2.07. The number of rotatable bonds is 1. The fraction of sp³-hybridized carbons (Fsp3) is 0.500. The topological polar surface area (TPSA) is 88.5 Å². The third-order valence-corrected chi connectivity index (χ3v) is 3.98. The van der Waals surface area contributed by atoms with Gasteiger partial charge in [0, 0.05) is 5.41 Å². The second-order valence-corrected chi connectivity index (χ2v) is 5.78. The first-order chi connectivity index (χ1) is 4.81. The molecule has 1 heterocycles. The molecule has 1 aliphatic rings. The molecule has 0 fully saturated rings. The SMILES string of the molecule is O=S1(=O)C=C[C@@H](S(=O)(=O)O)C1. The molecule has 0 unspecified atom stereocenters. The Bertz CT molecular complexity index is 373. The van der Waals surface area contributed by atoms with Crippen molar-refractivity contribution in [2.75, 3.05) is 5.75 Å². The largest absolute Gasteiger partial charge is 0.285 e. The molecule has 11 heavy (non-hydrogen) atoms. The van der Waals surface area contributed by atoms with Crippen LogP contribution in [0.5, 0.6) is 0 Å². The van der Waals surface area contributed by atoms with Crippen molar-refractivity contribution in [2.24, 2.45) is 0 Å². The molecule has 0 spiro atoms. The molecule has 64 valence electrons. The van der Waals surface area contributed by atoms with Crippen molar-refractivity contribution >= 4 is 20.0 Å². The predicted octanol–water partition coefficient (Wildman–Crippen LogP) is -0.815. The quantitative estimate of drug-likeness (QED) is 0.556. The minimum Gasteiger partial charge on any atom is -0.285 e. The fourth-order valence-electron chi connectivity index (χ4n) is 0.733. The summed E-state index contributed by atoms with van der Waals surface area (Å²) in [5.41, 5.74) is 0. The van der Waals surface area contributed by atoms with Crippen LogP contribution >= 0.6 is 0 Å². The van der Waals surface area contributed by atoms with E-state index in [0.717, 1.165) is 11.5 Å². The molecule has 0 amide bonds. The normalized spacial score (nSPS) is 29.0. The Morgan fingerprint density at radius 3 is 2.18 bits per heavy atom. The number of hydrogen-bond donors (Lipinski definition) is 1. The zero-order chi connectivity index (χ0) is 8.70. The molecule has 1 N–H and O–H groups in total. The van der Waals surface area contributed by atoms with Gasteiger partial charge in [-0.15, -0.1) is 0 Å². The smallest absolute Gasteiger partial charge is 0.272 e. The van der Waals surface area contributed by atoms with Crippen molar-refractivity contribution in [3.63, 3.8) is 0 Å². The Morgan fingerprint density at radius 1 is 1.45 bits per heavy atom. The zero-order valence-electron chi connectivity index (χ0n) is 5.34. The highest BCUT2D eigenvalue weighted by Crippen LogP contribution is 2.14. The summed E-state index contributed by atoms with van der Waals surface area (Å²) in [5, 5.41) is -0.488. The minimum absolute atomic E-state index is 0.550. The van der Waals surface area contributed by atoms with Crippen LogP contribution in [0, 0.1) is 0 Å². The zero-order valence-corrected chi connectivity index (χ0v) is 6.97. The highest BCUT2D eigenvalue weighted by atomic mass is 32.2. The Hall–Kier alpha value is -0.400. The van der Waals surface area contributed by atoms with Gasteiger partial charge in [-0.05, 0) is 0 Å². The number of hydrogen-bond acceptors (Lipinski definition) is 4. The van der Waals surface area contributed by atoms with Crippen molar-refractivity contribution in [1.82, 2.24) is 0 Å². The van der Waals surface area contributed by atoms with Gasteiger partial charge in [-0.2, -0.15) is 8.42 Å². The highest BCUT2D eigenvalue weighted by molar-refractivity contribution is 7.96. The van der Waals surface area contributed by atoms with E-state index in [1.165, 1.54) is 0 Å². The molecule has 1 atom stereocenters. The minimum atomic E-state index is -4.24. The summed E-state index contributed by atoms with van der Waals surface area (Å²) in [6.07, 6.45) is 0.963. The highest BCUT2D eigenvalue weighted by Gasteiger charge is 2.30. The first-order valence-corrected chi connectivity index (χ1v) is 5.90. The van der Waals surface area contributed by atoms with Crippen LogP contribution in [0.2, 0.25) is 0 Å². The van der Waals surface area contributed by atoms with Gasteiger partial charge < -0.3 is 0 Å². The average molecular weight is 198 g/mol. The van der Waals surface area contributed by atoms with E-state index in [4.69, 9.17) is 4.55 Å². The first-order valence-electron chi connectivity index (χ1n) is 2.68. The number of sulfone groups is 1. The van der Waals surface area contributed by atoms with E-state index >= 15 is 0 Å². The summed E-state index contributed by atoms with van der Waals surface area (Å²) in [6, 6.07) is 0. The molecule has 0 aliphatic carbocycles. The van der Waals surface area contributed by atoms with E-state index in [2.05, 4.69) is 0 Å². The molecule has 5 nitrogen and oxygen atoms in total. The van der Waals surface area contributed by atoms with Crippen LogP contribution in [0.15, 0.2) is 11.5 Å². The third kappa shape index (κ3) is 2.01. The van der Waals surface area contributed by atoms with Gasteiger partial charge in [0.2, 0.25) is 0 Å². The van der Waals surface area contributed by atoms with Gasteiger partial charge in [0.05, 0.1) is 5.75 Å². The van der Waals surface area contributed by atoms with Gasteiger partial charge in [0.15, 0.2) is 9.84 Å². The van der Waals surface area contributed by atoms with Crippen molar-refractivity contribution in [2.45, 2.75) is 5.25 Å². The van der Waals surface area contributed by atoms with Crippen molar-refractivity contribution < 1.29 is 21.4 Å².